The summed E-state index contributed by atoms with van der Waals surface area (Å²) in [6, 6.07) is 2.78. The molecule has 6 nitrogen and oxygen atoms in total. The Morgan fingerprint density at radius 1 is 1.37 bits per heavy atom. The van der Waals surface area contributed by atoms with Crippen molar-refractivity contribution in [3.8, 4) is 0 Å². The molecule has 1 N–H and O–H groups in total. The van der Waals surface area contributed by atoms with Gasteiger partial charge in [-0.25, -0.2) is 17.9 Å². The largest absolute Gasteiger partial charge is 0.624 e. The van der Waals surface area contributed by atoms with Crippen LogP contribution in [0.15, 0.2) is 21.6 Å². The van der Waals surface area contributed by atoms with Crippen molar-refractivity contribution in [3.05, 3.63) is 23.1 Å². The molecule has 0 aliphatic carbocycles. The molecule has 0 spiro atoms. The van der Waals surface area contributed by atoms with Crippen molar-refractivity contribution in [2.45, 2.75) is 37.7 Å². The first kappa shape index (κ1) is 15.7. The van der Waals surface area contributed by atoms with E-state index in [9.17, 15) is 13.6 Å². The molecule has 1 aromatic rings. The van der Waals surface area contributed by atoms with Gasteiger partial charge in [0.05, 0.1) is 0 Å². The van der Waals surface area contributed by atoms with E-state index >= 15 is 0 Å². The van der Waals surface area contributed by atoms with E-state index in [1.54, 1.807) is 0 Å². The standard InChI is InChI=1S/C12H20N2O4S/c1-3-4-5-6-9-14(15)10-11-7-8-12(18-11)19(16,17)13-2/h7-8,10,13H,3-6,9H2,1-2H3. The number of nitrogens with one attached hydrogen (secondary N) is 1. The molecular formula is C12H20N2O4S. The summed E-state index contributed by atoms with van der Waals surface area (Å²) in [4.78, 5) is 0. The molecule has 0 amide bonds. The van der Waals surface area contributed by atoms with Crippen LogP contribution in [0, 0.1) is 5.21 Å². The highest BCUT2D eigenvalue weighted by molar-refractivity contribution is 7.89. The van der Waals surface area contributed by atoms with E-state index in [0.29, 0.717) is 6.54 Å². The fourth-order valence-electron chi connectivity index (χ4n) is 1.55. The Kier molecular flexibility index (Phi) is 6.04. The first-order chi connectivity index (χ1) is 8.99. The van der Waals surface area contributed by atoms with Crippen molar-refractivity contribution in [2.24, 2.45) is 0 Å². The van der Waals surface area contributed by atoms with Gasteiger partial charge in [-0.15, -0.1) is 0 Å². The minimum atomic E-state index is -3.59. The lowest BCUT2D eigenvalue weighted by Gasteiger charge is -2.02. The van der Waals surface area contributed by atoms with Crippen molar-refractivity contribution in [2.75, 3.05) is 13.6 Å². The molecule has 0 fully saturated rings. The number of rotatable bonds is 8. The Balaban J connectivity index is 2.62. The van der Waals surface area contributed by atoms with Crippen LogP contribution in [-0.2, 0) is 10.0 Å². The maximum atomic E-state index is 11.5. The summed E-state index contributed by atoms with van der Waals surface area (Å²) in [5.41, 5.74) is 0. The number of unbranched alkanes of at least 4 members (excludes halogenated alkanes) is 3. The van der Waals surface area contributed by atoms with E-state index in [4.69, 9.17) is 4.42 Å². The Hall–Kier alpha value is -1.34. The number of nitrogens with zero attached hydrogens (tertiary/aromatic N) is 1. The highest BCUT2D eigenvalue weighted by Crippen LogP contribution is 2.11. The van der Waals surface area contributed by atoms with Crippen molar-refractivity contribution in [3.63, 3.8) is 0 Å². The van der Waals surface area contributed by atoms with Gasteiger partial charge in [0.2, 0.25) is 11.3 Å². The molecule has 7 heteroatoms. The molecule has 1 rings (SSSR count). The highest BCUT2D eigenvalue weighted by atomic mass is 32.2. The Labute approximate surface area is 113 Å². The minimum Gasteiger partial charge on any atom is -0.624 e. The third-order valence-corrected chi connectivity index (χ3v) is 3.93. The second kappa shape index (κ2) is 7.30. The van der Waals surface area contributed by atoms with Gasteiger partial charge in [0.1, 0.15) is 0 Å². The zero-order chi connectivity index (χ0) is 14.3. The topological polar surface area (TPSA) is 85.4 Å². The SMILES string of the molecule is CCCCCC[N+]([O-])=Cc1ccc(S(=O)(=O)NC)o1. The lowest BCUT2D eigenvalue weighted by molar-refractivity contribution is -0.453. The molecule has 0 bridgehead atoms. The van der Waals surface area contributed by atoms with Crippen LogP contribution >= 0.6 is 0 Å². The lowest BCUT2D eigenvalue weighted by atomic mass is 10.2. The number of hydroxylamine groups is 1. The summed E-state index contributed by atoms with van der Waals surface area (Å²) in [7, 11) is -2.29. The Morgan fingerprint density at radius 3 is 2.74 bits per heavy atom. The zero-order valence-electron chi connectivity index (χ0n) is 11.3. The molecule has 0 atom stereocenters. The summed E-state index contributed by atoms with van der Waals surface area (Å²) >= 11 is 0. The number of hydrogen-bond donors (Lipinski definition) is 1. The van der Waals surface area contributed by atoms with Gasteiger partial charge < -0.3 is 9.62 Å². The van der Waals surface area contributed by atoms with Gasteiger partial charge in [0, 0.05) is 6.42 Å². The third kappa shape index (κ3) is 5.04. The predicted molar refractivity (Wildman–Crippen MR) is 72.8 cm³/mol. The summed E-state index contributed by atoms with van der Waals surface area (Å²) < 4.78 is 30.9. The molecule has 1 aromatic heterocycles. The van der Waals surface area contributed by atoms with Crippen molar-refractivity contribution in [1.82, 2.24) is 4.72 Å². The van der Waals surface area contributed by atoms with Crippen LogP contribution in [-0.4, -0.2) is 33.0 Å². The average molecular weight is 288 g/mol. The first-order valence-electron chi connectivity index (χ1n) is 6.31. The normalized spacial score (nSPS) is 12.8. The summed E-state index contributed by atoms with van der Waals surface area (Å²) in [6.45, 7) is 2.49. The van der Waals surface area contributed by atoms with E-state index < -0.39 is 10.0 Å². The van der Waals surface area contributed by atoms with Crippen LogP contribution < -0.4 is 4.72 Å². The van der Waals surface area contributed by atoms with Crippen molar-refractivity contribution in [1.29, 1.82) is 0 Å². The maximum Gasteiger partial charge on any atom is 0.273 e. The van der Waals surface area contributed by atoms with Gasteiger partial charge in [-0.1, -0.05) is 19.8 Å². The van der Waals surface area contributed by atoms with E-state index in [2.05, 4.69) is 11.6 Å². The molecule has 0 saturated heterocycles. The van der Waals surface area contributed by atoms with E-state index in [0.717, 1.165) is 30.4 Å². The molecule has 0 radical (unpaired) electrons. The van der Waals surface area contributed by atoms with Crippen LogP contribution in [0.3, 0.4) is 0 Å². The van der Waals surface area contributed by atoms with Crippen LogP contribution in [0.5, 0.6) is 0 Å². The fourth-order valence-corrected chi connectivity index (χ4v) is 2.20. The Morgan fingerprint density at radius 2 is 2.11 bits per heavy atom. The molecule has 0 saturated carbocycles. The van der Waals surface area contributed by atoms with Gasteiger partial charge in [-0.05, 0) is 25.6 Å². The van der Waals surface area contributed by atoms with E-state index in [1.165, 1.54) is 25.4 Å². The average Bonchev–Trinajstić information content (AvgIpc) is 2.84. The second-order valence-corrected chi connectivity index (χ2v) is 6.01. The minimum absolute atomic E-state index is 0.194. The number of hydrogen-bond acceptors (Lipinski definition) is 4. The fraction of sp³-hybridized carbons (Fsp3) is 0.583. The highest BCUT2D eigenvalue weighted by Gasteiger charge is 2.16. The molecule has 0 aliphatic heterocycles. The van der Waals surface area contributed by atoms with E-state index in [1.807, 2.05) is 0 Å². The van der Waals surface area contributed by atoms with Crippen molar-refractivity contribution < 1.29 is 17.6 Å². The molecular weight excluding hydrogens is 268 g/mol. The van der Waals surface area contributed by atoms with Crippen LogP contribution in [0.1, 0.15) is 38.4 Å². The quantitative estimate of drug-likeness (QED) is 0.259. The molecule has 108 valence electrons. The summed E-state index contributed by atoms with van der Waals surface area (Å²) in [5, 5.41) is 11.3. The molecule has 0 unspecified atom stereocenters. The summed E-state index contributed by atoms with van der Waals surface area (Å²) in [5.74, 6) is 0.235. The third-order valence-electron chi connectivity index (χ3n) is 2.64. The monoisotopic (exact) mass is 288 g/mol. The summed E-state index contributed by atoms with van der Waals surface area (Å²) in [6.07, 6.45) is 5.32. The zero-order valence-corrected chi connectivity index (χ0v) is 12.1. The van der Waals surface area contributed by atoms with Crippen LogP contribution in [0.2, 0.25) is 0 Å². The predicted octanol–water partition coefficient (Wildman–Crippen LogP) is 1.70. The van der Waals surface area contributed by atoms with Crippen LogP contribution in [0.4, 0.5) is 0 Å². The van der Waals surface area contributed by atoms with Gasteiger partial charge >= 0.3 is 0 Å². The molecule has 1 heterocycles. The lowest BCUT2D eigenvalue weighted by Crippen LogP contribution is -2.17. The molecule has 0 aromatic carbocycles. The number of furan rings is 1. The molecule has 19 heavy (non-hydrogen) atoms. The maximum absolute atomic E-state index is 11.5. The molecule has 0 aliphatic rings. The first-order valence-corrected chi connectivity index (χ1v) is 7.80. The van der Waals surface area contributed by atoms with Crippen LogP contribution in [0.25, 0.3) is 0 Å². The van der Waals surface area contributed by atoms with Gasteiger partial charge in [0.25, 0.3) is 10.0 Å². The Bertz CT molecular complexity index is 520. The van der Waals surface area contributed by atoms with Crippen molar-refractivity contribution >= 4 is 16.2 Å². The van der Waals surface area contributed by atoms with Gasteiger partial charge in [0.15, 0.2) is 12.3 Å². The number of sulfonamides is 1. The van der Waals surface area contributed by atoms with Gasteiger partial charge in [-0.3, -0.25) is 0 Å². The van der Waals surface area contributed by atoms with E-state index in [-0.39, 0.29) is 10.9 Å². The van der Waals surface area contributed by atoms with Gasteiger partial charge in [-0.2, -0.15) is 0 Å². The second-order valence-electron chi connectivity index (χ2n) is 4.19. The smallest absolute Gasteiger partial charge is 0.273 e.